The molecule has 1 heterocycles. The first kappa shape index (κ1) is 16.0. The van der Waals surface area contributed by atoms with E-state index in [2.05, 4.69) is 24.1 Å². The number of amides is 1. The largest absolute Gasteiger partial charge is 0.481 e. The summed E-state index contributed by atoms with van der Waals surface area (Å²) in [5, 5.41) is 12.2. The molecule has 0 spiro atoms. The smallest absolute Gasteiger partial charge is 0.307 e. The second-order valence-corrected chi connectivity index (χ2v) is 6.48. The molecule has 2 rings (SSSR count). The Kier molecular flexibility index (Phi) is 5.39. The van der Waals surface area contributed by atoms with Gasteiger partial charge in [-0.3, -0.25) is 9.59 Å². The fraction of sp³-hybridized carbons (Fsp3) is 0.750. The average molecular weight is 294 g/mol. The molecule has 5 nitrogen and oxygen atoms in total. The second kappa shape index (κ2) is 7.07. The van der Waals surface area contributed by atoms with Gasteiger partial charge in [0.05, 0.1) is 11.8 Å². The van der Waals surface area contributed by atoms with Crippen LogP contribution >= 0.6 is 0 Å². The third kappa shape index (κ3) is 4.06. The Labute approximate surface area is 126 Å². The van der Waals surface area contributed by atoms with E-state index in [1.54, 1.807) is 0 Å². The predicted octanol–water partition coefficient (Wildman–Crippen LogP) is 1.50. The fourth-order valence-corrected chi connectivity index (χ4v) is 3.25. The van der Waals surface area contributed by atoms with E-state index in [0.29, 0.717) is 31.3 Å². The van der Waals surface area contributed by atoms with Crippen LogP contribution in [0.3, 0.4) is 0 Å². The molecule has 1 saturated heterocycles. The van der Waals surface area contributed by atoms with Gasteiger partial charge in [-0.05, 0) is 45.6 Å². The van der Waals surface area contributed by atoms with Crippen LogP contribution in [-0.2, 0) is 9.59 Å². The van der Waals surface area contributed by atoms with Crippen molar-refractivity contribution in [3.8, 4) is 0 Å². The fourth-order valence-electron chi connectivity index (χ4n) is 3.25. The number of hydrogen-bond donors (Lipinski definition) is 2. The topological polar surface area (TPSA) is 69.6 Å². The van der Waals surface area contributed by atoms with Crippen molar-refractivity contribution in [1.82, 2.24) is 10.2 Å². The normalized spacial score (nSPS) is 29.8. The SMILES string of the molecule is CC(C)N1CCC(CNC(=O)C2CC=CCC2C(=O)O)C1. The third-order valence-electron chi connectivity index (χ3n) is 4.70. The van der Waals surface area contributed by atoms with Crippen LogP contribution in [-0.4, -0.2) is 47.6 Å². The Morgan fingerprint density at radius 3 is 2.52 bits per heavy atom. The summed E-state index contributed by atoms with van der Waals surface area (Å²) in [5.74, 6) is -1.49. The van der Waals surface area contributed by atoms with Crippen LogP contribution in [0.5, 0.6) is 0 Å². The summed E-state index contributed by atoms with van der Waals surface area (Å²) in [6, 6.07) is 0.547. The minimum Gasteiger partial charge on any atom is -0.481 e. The molecule has 1 amide bonds. The molecule has 0 radical (unpaired) electrons. The van der Waals surface area contributed by atoms with Crippen molar-refractivity contribution in [1.29, 1.82) is 0 Å². The molecule has 0 aromatic rings. The van der Waals surface area contributed by atoms with Gasteiger partial charge in [0, 0.05) is 19.1 Å². The Morgan fingerprint density at radius 2 is 1.95 bits per heavy atom. The van der Waals surface area contributed by atoms with E-state index in [1.165, 1.54) is 0 Å². The van der Waals surface area contributed by atoms with Crippen molar-refractivity contribution in [2.45, 2.75) is 39.2 Å². The van der Waals surface area contributed by atoms with Crippen molar-refractivity contribution in [3.63, 3.8) is 0 Å². The lowest BCUT2D eigenvalue weighted by Crippen LogP contribution is -2.41. The van der Waals surface area contributed by atoms with Crippen molar-refractivity contribution >= 4 is 11.9 Å². The highest BCUT2D eigenvalue weighted by Crippen LogP contribution is 2.26. The monoisotopic (exact) mass is 294 g/mol. The van der Waals surface area contributed by atoms with Crippen LogP contribution in [0.15, 0.2) is 12.2 Å². The molecule has 3 unspecified atom stereocenters. The standard InChI is InChI=1S/C16H26N2O3/c1-11(2)18-8-7-12(10-18)9-17-15(19)13-5-3-4-6-14(13)16(20)21/h3-4,11-14H,5-10H2,1-2H3,(H,17,19)(H,20,21). The molecule has 3 atom stereocenters. The van der Waals surface area contributed by atoms with Gasteiger partial charge in [0.25, 0.3) is 0 Å². The number of likely N-dealkylation sites (tertiary alicyclic amines) is 1. The number of carbonyl (C=O) groups excluding carboxylic acids is 1. The maximum atomic E-state index is 12.3. The number of nitrogens with zero attached hydrogens (tertiary/aromatic N) is 1. The molecular formula is C16H26N2O3. The maximum Gasteiger partial charge on any atom is 0.307 e. The molecule has 0 saturated carbocycles. The van der Waals surface area contributed by atoms with Crippen LogP contribution < -0.4 is 5.32 Å². The molecule has 5 heteroatoms. The number of allylic oxidation sites excluding steroid dienone is 2. The van der Waals surface area contributed by atoms with Crippen LogP contribution in [0.4, 0.5) is 0 Å². The van der Waals surface area contributed by atoms with E-state index in [4.69, 9.17) is 0 Å². The lowest BCUT2D eigenvalue weighted by Gasteiger charge is -2.25. The summed E-state index contributed by atoms with van der Waals surface area (Å²) in [4.78, 5) is 25.9. The first-order chi connectivity index (χ1) is 9.99. The van der Waals surface area contributed by atoms with Crippen LogP contribution in [0.2, 0.25) is 0 Å². The van der Waals surface area contributed by atoms with Gasteiger partial charge in [0.1, 0.15) is 0 Å². The molecule has 2 N–H and O–H groups in total. The quantitative estimate of drug-likeness (QED) is 0.754. The minimum absolute atomic E-state index is 0.102. The second-order valence-electron chi connectivity index (χ2n) is 6.48. The number of rotatable bonds is 5. The van der Waals surface area contributed by atoms with Crippen molar-refractivity contribution < 1.29 is 14.7 Å². The Balaban J connectivity index is 1.82. The van der Waals surface area contributed by atoms with Gasteiger partial charge in [-0.2, -0.15) is 0 Å². The molecule has 1 aliphatic heterocycles. The summed E-state index contributed by atoms with van der Waals surface area (Å²) >= 11 is 0. The van der Waals surface area contributed by atoms with Gasteiger partial charge >= 0.3 is 5.97 Å². The Hall–Kier alpha value is -1.36. The number of carbonyl (C=O) groups is 2. The van der Waals surface area contributed by atoms with Gasteiger partial charge in [-0.15, -0.1) is 0 Å². The Bertz CT molecular complexity index is 420. The molecule has 2 aliphatic rings. The van der Waals surface area contributed by atoms with Gasteiger partial charge < -0.3 is 15.3 Å². The van der Waals surface area contributed by atoms with Crippen molar-refractivity contribution in [2.24, 2.45) is 17.8 Å². The zero-order chi connectivity index (χ0) is 15.4. The summed E-state index contributed by atoms with van der Waals surface area (Å²) in [6.07, 6.45) is 5.87. The van der Waals surface area contributed by atoms with Crippen LogP contribution in [0.1, 0.15) is 33.1 Å². The minimum atomic E-state index is -0.869. The van der Waals surface area contributed by atoms with E-state index in [-0.39, 0.29) is 5.91 Å². The van der Waals surface area contributed by atoms with E-state index in [9.17, 15) is 14.7 Å². The highest BCUT2D eigenvalue weighted by Gasteiger charge is 2.34. The molecule has 0 bridgehead atoms. The van der Waals surface area contributed by atoms with E-state index < -0.39 is 17.8 Å². The number of aliphatic carboxylic acids is 1. The number of carboxylic acids is 1. The zero-order valence-electron chi connectivity index (χ0n) is 12.9. The zero-order valence-corrected chi connectivity index (χ0v) is 12.9. The summed E-state index contributed by atoms with van der Waals surface area (Å²) < 4.78 is 0. The van der Waals surface area contributed by atoms with E-state index in [1.807, 2.05) is 12.2 Å². The van der Waals surface area contributed by atoms with Gasteiger partial charge in [-0.1, -0.05) is 12.2 Å². The van der Waals surface area contributed by atoms with E-state index >= 15 is 0 Å². The van der Waals surface area contributed by atoms with Crippen molar-refractivity contribution in [3.05, 3.63) is 12.2 Å². The van der Waals surface area contributed by atoms with Gasteiger partial charge in [0.15, 0.2) is 0 Å². The van der Waals surface area contributed by atoms with E-state index in [0.717, 1.165) is 19.5 Å². The molecule has 21 heavy (non-hydrogen) atoms. The van der Waals surface area contributed by atoms with Crippen LogP contribution in [0.25, 0.3) is 0 Å². The molecule has 0 aromatic carbocycles. The number of carboxylic acid groups (broad SMARTS) is 1. The molecule has 1 aliphatic carbocycles. The number of nitrogens with one attached hydrogen (secondary N) is 1. The molecule has 1 fully saturated rings. The van der Waals surface area contributed by atoms with Gasteiger partial charge in [0.2, 0.25) is 5.91 Å². The average Bonchev–Trinajstić information content (AvgIpc) is 2.94. The molecule has 118 valence electrons. The molecular weight excluding hydrogens is 268 g/mol. The maximum absolute atomic E-state index is 12.3. The van der Waals surface area contributed by atoms with Gasteiger partial charge in [-0.25, -0.2) is 0 Å². The highest BCUT2D eigenvalue weighted by molar-refractivity contribution is 5.85. The summed E-state index contributed by atoms with van der Waals surface area (Å²) in [7, 11) is 0. The first-order valence-corrected chi connectivity index (χ1v) is 7.88. The number of hydrogen-bond acceptors (Lipinski definition) is 3. The lowest BCUT2D eigenvalue weighted by molar-refractivity contribution is -0.147. The summed E-state index contributed by atoms with van der Waals surface area (Å²) in [5.41, 5.74) is 0. The van der Waals surface area contributed by atoms with Crippen molar-refractivity contribution in [2.75, 3.05) is 19.6 Å². The third-order valence-corrected chi connectivity index (χ3v) is 4.70. The van der Waals surface area contributed by atoms with Crippen LogP contribution in [0, 0.1) is 17.8 Å². The Morgan fingerprint density at radius 1 is 1.29 bits per heavy atom. The first-order valence-electron chi connectivity index (χ1n) is 7.88. The lowest BCUT2D eigenvalue weighted by atomic mass is 9.82. The molecule has 0 aromatic heterocycles. The highest BCUT2D eigenvalue weighted by atomic mass is 16.4. The summed E-state index contributed by atoms with van der Waals surface area (Å²) in [6.45, 7) is 7.14. The predicted molar refractivity (Wildman–Crippen MR) is 80.8 cm³/mol.